The minimum absolute atomic E-state index is 0.152. The maximum atomic E-state index is 12.5. The number of pyridine rings is 1. The SMILES string of the molecule is C[C@H](Nc1cccc(-c2cnoc2)c1)c1cc2cccc(Cl)c2[nH]c1=O. The van der Waals surface area contributed by atoms with Gasteiger partial charge in [-0.15, -0.1) is 0 Å². The number of aromatic nitrogens is 2. The predicted octanol–water partition coefficient (Wildman–Crippen LogP) is 5.01. The third kappa shape index (κ3) is 3.09. The van der Waals surface area contributed by atoms with E-state index in [1.54, 1.807) is 18.5 Å². The van der Waals surface area contributed by atoms with E-state index < -0.39 is 0 Å². The van der Waals surface area contributed by atoms with Crippen molar-refractivity contribution in [2.75, 3.05) is 5.32 Å². The third-order valence-corrected chi connectivity index (χ3v) is 4.65. The van der Waals surface area contributed by atoms with Gasteiger partial charge in [-0.2, -0.15) is 0 Å². The highest BCUT2D eigenvalue weighted by molar-refractivity contribution is 6.35. The lowest BCUT2D eigenvalue weighted by Crippen LogP contribution is -2.19. The molecule has 2 N–H and O–H groups in total. The zero-order chi connectivity index (χ0) is 18.1. The molecule has 6 heteroatoms. The summed E-state index contributed by atoms with van der Waals surface area (Å²) in [6.07, 6.45) is 3.26. The van der Waals surface area contributed by atoms with E-state index in [-0.39, 0.29) is 11.6 Å². The van der Waals surface area contributed by atoms with E-state index in [4.69, 9.17) is 16.1 Å². The molecule has 0 saturated carbocycles. The Balaban J connectivity index is 1.66. The van der Waals surface area contributed by atoms with Crippen molar-refractivity contribution in [3.63, 3.8) is 0 Å². The first-order chi connectivity index (χ1) is 12.6. The van der Waals surface area contributed by atoms with Gasteiger partial charge in [0, 0.05) is 22.2 Å². The maximum absolute atomic E-state index is 12.5. The molecule has 2 aromatic heterocycles. The Morgan fingerprint density at radius 3 is 2.81 bits per heavy atom. The Labute approximate surface area is 154 Å². The highest BCUT2D eigenvalue weighted by Crippen LogP contribution is 2.26. The Kier molecular flexibility index (Phi) is 4.22. The molecule has 130 valence electrons. The van der Waals surface area contributed by atoms with Crippen LogP contribution in [0.15, 0.2) is 70.3 Å². The number of H-pyrrole nitrogens is 1. The van der Waals surface area contributed by atoms with E-state index in [1.807, 2.05) is 49.4 Å². The topological polar surface area (TPSA) is 70.9 Å². The Morgan fingerprint density at radius 1 is 1.15 bits per heavy atom. The molecule has 0 saturated heterocycles. The molecule has 2 heterocycles. The van der Waals surface area contributed by atoms with Gasteiger partial charge in [0.15, 0.2) is 0 Å². The second-order valence-electron chi connectivity index (χ2n) is 6.12. The molecule has 0 spiro atoms. The number of anilines is 1. The average molecular weight is 366 g/mol. The number of hydrogen-bond donors (Lipinski definition) is 2. The fraction of sp³-hybridized carbons (Fsp3) is 0.100. The minimum Gasteiger partial charge on any atom is -0.378 e. The first kappa shape index (κ1) is 16.4. The summed E-state index contributed by atoms with van der Waals surface area (Å²) in [5.41, 5.74) is 3.95. The van der Waals surface area contributed by atoms with Crippen LogP contribution in [0.3, 0.4) is 0 Å². The third-order valence-electron chi connectivity index (χ3n) is 4.34. The minimum atomic E-state index is -0.181. The van der Waals surface area contributed by atoms with Gasteiger partial charge in [-0.1, -0.05) is 41.0 Å². The Bertz CT molecular complexity index is 1120. The van der Waals surface area contributed by atoms with Gasteiger partial charge >= 0.3 is 0 Å². The molecule has 0 aliphatic carbocycles. The number of hydrogen-bond acceptors (Lipinski definition) is 4. The lowest BCUT2D eigenvalue weighted by atomic mass is 10.1. The summed E-state index contributed by atoms with van der Waals surface area (Å²) in [5.74, 6) is 0. The van der Waals surface area contributed by atoms with Crippen molar-refractivity contribution in [2.45, 2.75) is 13.0 Å². The van der Waals surface area contributed by atoms with Gasteiger partial charge in [-0.05, 0) is 36.8 Å². The summed E-state index contributed by atoms with van der Waals surface area (Å²) in [4.78, 5) is 15.4. The van der Waals surface area contributed by atoms with Crippen LogP contribution in [-0.2, 0) is 0 Å². The lowest BCUT2D eigenvalue weighted by Gasteiger charge is -2.16. The standard InChI is InChI=1S/C20H16ClN3O2/c1-12(17-9-14-5-3-7-18(21)19(14)24-20(17)25)23-16-6-2-4-13(8-16)15-10-22-26-11-15/h2-12,23H,1H3,(H,24,25)/t12-/m0/s1. The average Bonchev–Trinajstić information content (AvgIpc) is 3.17. The normalized spacial score (nSPS) is 12.2. The van der Waals surface area contributed by atoms with Gasteiger partial charge in [0.05, 0.1) is 22.8 Å². The van der Waals surface area contributed by atoms with Crippen molar-refractivity contribution < 1.29 is 4.52 Å². The Morgan fingerprint density at radius 2 is 2.00 bits per heavy atom. The number of para-hydroxylation sites is 1. The van der Waals surface area contributed by atoms with Gasteiger partial charge in [-0.25, -0.2) is 0 Å². The highest BCUT2D eigenvalue weighted by atomic mass is 35.5. The van der Waals surface area contributed by atoms with Crippen LogP contribution in [0.5, 0.6) is 0 Å². The molecule has 1 atom stereocenters. The van der Waals surface area contributed by atoms with E-state index in [1.165, 1.54) is 0 Å². The van der Waals surface area contributed by atoms with Crippen molar-refractivity contribution in [3.05, 3.63) is 81.9 Å². The summed E-state index contributed by atoms with van der Waals surface area (Å²) < 4.78 is 4.90. The van der Waals surface area contributed by atoms with Crippen molar-refractivity contribution in [1.29, 1.82) is 0 Å². The van der Waals surface area contributed by atoms with E-state index in [9.17, 15) is 4.79 Å². The van der Waals surface area contributed by atoms with Gasteiger partial charge in [-0.3, -0.25) is 4.79 Å². The first-order valence-electron chi connectivity index (χ1n) is 8.19. The molecule has 0 radical (unpaired) electrons. The Hall–Kier alpha value is -3.05. The molecule has 0 fully saturated rings. The summed E-state index contributed by atoms with van der Waals surface area (Å²) in [5, 5.41) is 8.55. The van der Waals surface area contributed by atoms with Gasteiger partial charge in [0.2, 0.25) is 0 Å². The first-order valence-corrected chi connectivity index (χ1v) is 8.57. The molecular formula is C20H16ClN3O2. The van der Waals surface area contributed by atoms with Crippen molar-refractivity contribution >= 4 is 28.2 Å². The summed E-state index contributed by atoms with van der Waals surface area (Å²) in [6, 6.07) is 15.1. The molecule has 4 rings (SSSR count). The van der Waals surface area contributed by atoms with Gasteiger partial charge in [0.1, 0.15) is 6.26 Å². The molecule has 26 heavy (non-hydrogen) atoms. The van der Waals surface area contributed by atoms with E-state index in [0.29, 0.717) is 16.1 Å². The highest BCUT2D eigenvalue weighted by Gasteiger charge is 2.13. The molecule has 0 unspecified atom stereocenters. The fourth-order valence-corrected chi connectivity index (χ4v) is 3.23. The van der Waals surface area contributed by atoms with E-state index >= 15 is 0 Å². The van der Waals surface area contributed by atoms with Crippen LogP contribution in [0.25, 0.3) is 22.0 Å². The van der Waals surface area contributed by atoms with E-state index in [2.05, 4.69) is 15.5 Å². The number of nitrogens with zero attached hydrogens (tertiary/aromatic N) is 1. The van der Waals surface area contributed by atoms with Crippen LogP contribution in [0.1, 0.15) is 18.5 Å². The maximum Gasteiger partial charge on any atom is 0.253 e. The molecule has 5 nitrogen and oxygen atoms in total. The number of benzene rings is 2. The summed E-state index contributed by atoms with van der Waals surface area (Å²) >= 11 is 6.16. The van der Waals surface area contributed by atoms with Gasteiger partial charge in [0.25, 0.3) is 5.56 Å². The molecule has 4 aromatic rings. The van der Waals surface area contributed by atoms with Crippen LogP contribution in [0.2, 0.25) is 5.02 Å². The number of nitrogens with one attached hydrogen (secondary N) is 2. The second-order valence-corrected chi connectivity index (χ2v) is 6.53. The number of fused-ring (bicyclic) bond motifs is 1. The van der Waals surface area contributed by atoms with Crippen molar-refractivity contribution in [2.24, 2.45) is 0 Å². The van der Waals surface area contributed by atoms with Crippen LogP contribution in [0, 0.1) is 0 Å². The second kappa shape index (κ2) is 6.69. The fourth-order valence-electron chi connectivity index (χ4n) is 3.00. The number of halogens is 1. The van der Waals surface area contributed by atoms with Crippen LogP contribution < -0.4 is 10.9 Å². The molecule has 0 aliphatic rings. The smallest absolute Gasteiger partial charge is 0.253 e. The zero-order valence-corrected chi connectivity index (χ0v) is 14.7. The van der Waals surface area contributed by atoms with Crippen LogP contribution in [-0.4, -0.2) is 10.1 Å². The quantitative estimate of drug-likeness (QED) is 0.533. The summed E-state index contributed by atoms with van der Waals surface area (Å²) in [6.45, 7) is 1.95. The summed E-state index contributed by atoms with van der Waals surface area (Å²) in [7, 11) is 0. The monoisotopic (exact) mass is 365 g/mol. The van der Waals surface area contributed by atoms with Crippen LogP contribution in [0.4, 0.5) is 5.69 Å². The molecule has 0 bridgehead atoms. The molecule has 2 aromatic carbocycles. The molecule has 0 amide bonds. The predicted molar refractivity (Wildman–Crippen MR) is 104 cm³/mol. The van der Waals surface area contributed by atoms with Crippen molar-refractivity contribution in [3.8, 4) is 11.1 Å². The van der Waals surface area contributed by atoms with Crippen LogP contribution >= 0.6 is 11.6 Å². The van der Waals surface area contributed by atoms with Crippen molar-refractivity contribution in [1.82, 2.24) is 10.1 Å². The number of aromatic amines is 1. The lowest BCUT2D eigenvalue weighted by molar-refractivity contribution is 0.420. The zero-order valence-electron chi connectivity index (χ0n) is 14.0. The molecule has 0 aliphatic heterocycles. The number of rotatable bonds is 4. The molecular weight excluding hydrogens is 350 g/mol. The largest absolute Gasteiger partial charge is 0.378 e. The van der Waals surface area contributed by atoms with Gasteiger partial charge < -0.3 is 14.8 Å². The van der Waals surface area contributed by atoms with E-state index in [0.717, 1.165) is 22.2 Å².